The molecule has 0 saturated carbocycles. The van der Waals surface area contributed by atoms with Crippen molar-refractivity contribution in [1.82, 2.24) is 15.1 Å². The van der Waals surface area contributed by atoms with E-state index in [2.05, 4.69) is 5.32 Å². The average molecular weight is 440 g/mol. The van der Waals surface area contributed by atoms with Crippen molar-refractivity contribution in [2.45, 2.75) is 76.5 Å². The van der Waals surface area contributed by atoms with Gasteiger partial charge in [0, 0.05) is 13.1 Å². The Morgan fingerprint density at radius 1 is 1.06 bits per heavy atom. The number of hydrogen-bond donors (Lipinski definition) is 4. The second kappa shape index (κ2) is 10.6. The molecule has 11 nitrogen and oxygen atoms in total. The molecule has 174 valence electrons. The van der Waals surface area contributed by atoms with Crippen molar-refractivity contribution < 1.29 is 29.1 Å². The molecule has 2 rings (SSSR count). The summed E-state index contributed by atoms with van der Waals surface area (Å²) >= 11 is 0. The summed E-state index contributed by atoms with van der Waals surface area (Å²) in [6, 6.07) is -3.69. The molecule has 0 bridgehead atoms. The normalized spacial score (nSPS) is 23.8. The minimum atomic E-state index is -1.46. The van der Waals surface area contributed by atoms with Gasteiger partial charge in [-0.3, -0.25) is 19.2 Å². The first-order valence-corrected chi connectivity index (χ1v) is 10.8. The molecule has 0 spiro atoms. The quantitative estimate of drug-likeness (QED) is 0.348. The highest BCUT2D eigenvalue weighted by atomic mass is 16.4. The van der Waals surface area contributed by atoms with Crippen LogP contribution in [0.3, 0.4) is 0 Å². The lowest BCUT2D eigenvalue weighted by Gasteiger charge is -2.33. The summed E-state index contributed by atoms with van der Waals surface area (Å²) < 4.78 is 0. The number of nitrogens with one attached hydrogen (secondary N) is 1. The Kier molecular flexibility index (Phi) is 8.37. The first-order chi connectivity index (χ1) is 14.6. The topological polar surface area (TPSA) is 176 Å². The number of amides is 4. The minimum Gasteiger partial charge on any atom is -0.480 e. The van der Waals surface area contributed by atoms with Gasteiger partial charge in [-0.15, -0.1) is 0 Å². The summed E-state index contributed by atoms with van der Waals surface area (Å²) in [5.74, 6) is -3.50. The van der Waals surface area contributed by atoms with Crippen LogP contribution in [0.15, 0.2) is 0 Å². The van der Waals surface area contributed by atoms with Crippen molar-refractivity contribution in [3.05, 3.63) is 0 Å². The fraction of sp³-hybridized carbons (Fsp3) is 0.750. The summed E-state index contributed by atoms with van der Waals surface area (Å²) in [6.07, 6.45) is 2.30. The van der Waals surface area contributed by atoms with E-state index in [1.807, 2.05) is 13.8 Å². The number of carbonyl (C=O) groups is 5. The molecule has 6 N–H and O–H groups in total. The highest BCUT2D eigenvalue weighted by molar-refractivity contribution is 5.95. The molecule has 2 aliphatic rings. The van der Waals surface area contributed by atoms with Gasteiger partial charge >= 0.3 is 5.97 Å². The van der Waals surface area contributed by atoms with E-state index in [0.29, 0.717) is 38.8 Å². The number of nitrogens with two attached hydrogens (primary N) is 2. The Morgan fingerprint density at radius 3 is 2.19 bits per heavy atom. The van der Waals surface area contributed by atoms with Crippen LogP contribution in [0.4, 0.5) is 0 Å². The van der Waals surface area contributed by atoms with Gasteiger partial charge in [0.15, 0.2) is 0 Å². The van der Waals surface area contributed by atoms with E-state index >= 15 is 0 Å². The fourth-order valence-corrected chi connectivity index (χ4v) is 4.14. The van der Waals surface area contributed by atoms with Crippen molar-refractivity contribution >= 4 is 29.6 Å². The Hall–Kier alpha value is -2.69. The van der Waals surface area contributed by atoms with Crippen LogP contribution in [0.2, 0.25) is 0 Å². The first-order valence-electron chi connectivity index (χ1n) is 10.8. The third kappa shape index (κ3) is 5.72. The molecule has 5 unspecified atom stereocenters. The molecule has 0 radical (unpaired) electrons. The first kappa shape index (κ1) is 24.6. The van der Waals surface area contributed by atoms with Crippen molar-refractivity contribution in [2.24, 2.45) is 17.4 Å². The molecule has 4 amide bonds. The Balaban J connectivity index is 2.10. The van der Waals surface area contributed by atoms with Gasteiger partial charge in [0.1, 0.15) is 18.1 Å². The van der Waals surface area contributed by atoms with Crippen molar-refractivity contribution in [1.29, 1.82) is 0 Å². The summed E-state index contributed by atoms with van der Waals surface area (Å²) in [7, 11) is 0. The number of nitrogens with zero attached hydrogens (tertiary/aromatic N) is 2. The van der Waals surface area contributed by atoms with Gasteiger partial charge in [0.2, 0.25) is 23.6 Å². The summed E-state index contributed by atoms with van der Waals surface area (Å²) in [6.45, 7) is 4.60. The van der Waals surface area contributed by atoms with Gasteiger partial charge < -0.3 is 31.7 Å². The standard InChI is InChI=1S/C20H33N5O6/c1-3-11(2)16(22)19(29)25-9-5-7-14(25)18(28)24-8-4-6-13(24)17(27)23-12(20(30)31)10-15(21)26/h11-14,16H,3-10,22H2,1-2H3,(H2,21,26)(H,23,27)(H,30,31). The third-order valence-electron chi connectivity index (χ3n) is 6.22. The van der Waals surface area contributed by atoms with E-state index in [4.69, 9.17) is 11.5 Å². The SMILES string of the molecule is CCC(C)C(N)C(=O)N1CCCC1C(=O)N1CCCC1C(=O)NC(CC(N)=O)C(=O)O. The molecular formula is C20H33N5O6. The van der Waals surface area contributed by atoms with E-state index < -0.39 is 48.4 Å². The second-order valence-corrected chi connectivity index (χ2v) is 8.36. The van der Waals surface area contributed by atoms with Crippen LogP contribution < -0.4 is 16.8 Å². The summed E-state index contributed by atoms with van der Waals surface area (Å²) in [5, 5.41) is 11.5. The van der Waals surface area contributed by atoms with E-state index in [0.717, 1.165) is 6.42 Å². The predicted octanol–water partition coefficient (Wildman–Crippen LogP) is -1.21. The molecule has 0 aliphatic carbocycles. The highest BCUT2D eigenvalue weighted by Crippen LogP contribution is 2.26. The lowest BCUT2D eigenvalue weighted by molar-refractivity contribution is -0.148. The zero-order chi connectivity index (χ0) is 23.3. The number of primary amides is 1. The third-order valence-corrected chi connectivity index (χ3v) is 6.22. The van der Waals surface area contributed by atoms with Crippen LogP contribution in [0.5, 0.6) is 0 Å². The van der Waals surface area contributed by atoms with Crippen LogP contribution >= 0.6 is 0 Å². The molecule has 0 aromatic carbocycles. The summed E-state index contributed by atoms with van der Waals surface area (Å²) in [4.78, 5) is 64.1. The van der Waals surface area contributed by atoms with Gasteiger partial charge in [-0.1, -0.05) is 20.3 Å². The summed E-state index contributed by atoms with van der Waals surface area (Å²) in [5.41, 5.74) is 11.1. The van der Waals surface area contributed by atoms with Crippen LogP contribution in [0.25, 0.3) is 0 Å². The molecule has 5 atom stereocenters. The number of likely N-dealkylation sites (tertiary alicyclic amines) is 2. The molecule has 0 aromatic heterocycles. The van der Waals surface area contributed by atoms with Gasteiger partial charge in [0.05, 0.1) is 12.5 Å². The average Bonchev–Trinajstić information content (AvgIpc) is 3.40. The molecule has 2 aliphatic heterocycles. The van der Waals surface area contributed by atoms with E-state index in [-0.39, 0.29) is 17.7 Å². The zero-order valence-corrected chi connectivity index (χ0v) is 18.1. The maximum Gasteiger partial charge on any atom is 0.326 e. The number of carboxylic acids is 1. The molecule has 2 heterocycles. The van der Waals surface area contributed by atoms with Crippen molar-refractivity contribution in [3.63, 3.8) is 0 Å². The molecule has 0 aromatic rings. The lowest BCUT2D eigenvalue weighted by atomic mass is 9.98. The molecule has 2 fully saturated rings. The maximum atomic E-state index is 13.3. The number of carboxylic acid groups (broad SMARTS) is 1. The fourth-order valence-electron chi connectivity index (χ4n) is 4.14. The Morgan fingerprint density at radius 2 is 1.65 bits per heavy atom. The van der Waals surface area contributed by atoms with Crippen LogP contribution in [-0.2, 0) is 24.0 Å². The van der Waals surface area contributed by atoms with E-state index in [1.54, 1.807) is 0 Å². The molecular weight excluding hydrogens is 406 g/mol. The van der Waals surface area contributed by atoms with Crippen LogP contribution in [0.1, 0.15) is 52.4 Å². The van der Waals surface area contributed by atoms with Gasteiger partial charge in [-0.2, -0.15) is 0 Å². The van der Waals surface area contributed by atoms with Gasteiger partial charge in [-0.25, -0.2) is 4.79 Å². The zero-order valence-electron chi connectivity index (χ0n) is 18.1. The van der Waals surface area contributed by atoms with Crippen LogP contribution in [0, 0.1) is 5.92 Å². The monoisotopic (exact) mass is 439 g/mol. The lowest BCUT2D eigenvalue weighted by Crippen LogP contribution is -2.57. The number of aliphatic carboxylic acids is 1. The number of rotatable bonds is 9. The predicted molar refractivity (Wildman–Crippen MR) is 110 cm³/mol. The van der Waals surface area contributed by atoms with Gasteiger partial charge in [-0.05, 0) is 31.6 Å². The smallest absolute Gasteiger partial charge is 0.326 e. The van der Waals surface area contributed by atoms with Crippen LogP contribution in [-0.4, -0.2) is 81.8 Å². The highest BCUT2D eigenvalue weighted by Gasteiger charge is 2.43. The second-order valence-electron chi connectivity index (χ2n) is 8.36. The van der Waals surface area contributed by atoms with Crippen molar-refractivity contribution in [3.8, 4) is 0 Å². The molecule has 11 heteroatoms. The molecule has 2 saturated heterocycles. The number of hydrogen-bond acceptors (Lipinski definition) is 6. The maximum absolute atomic E-state index is 13.3. The van der Waals surface area contributed by atoms with E-state index in [1.165, 1.54) is 9.80 Å². The van der Waals surface area contributed by atoms with E-state index in [9.17, 15) is 29.1 Å². The number of carbonyl (C=O) groups excluding carboxylic acids is 4. The Labute approximate surface area is 181 Å². The van der Waals surface area contributed by atoms with Gasteiger partial charge in [0.25, 0.3) is 0 Å². The molecule has 31 heavy (non-hydrogen) atoms. The Bertz CT molecular complexity index is 729. The largest absolute Gasteiger partial charge is 0.480 e. The van der Waals surface area contributed by atoms with Crippen molar-refractivity contribution in [2.75, 3.05) is 13.1 Å². The minimum absolute atomic E-state index is 0.0210.